The Bertz CT molecular complexity index is 525. The van der Waals surface area contributed by atoms with Gasteiger partial charge in [0.2, 0.25) is 0 Å². The van der Waals surface area contributed by atoms with Gasteiger partial charge in [0.15, 0.2) is 0 Å². The predicted octanol–water partition coefficient (Wildman–Crippen LogP) is 2.36. The normalized spacial score (nSPS) is 10.2. The molecule has 100 valence electrons. The minimum Gasteiger partial charge on any atom is -0.493 e. The fourth-order valence-electron chi connectivity index (χ4n) is 1.53. The number of carbonyl (C=O) groups excluding carboxylic acids is 1. The third kappa shape index (κ3) is 4.30. The van der Waals surface area contributed by atoms with Crippen molar-refractivity contribution in [3.8, 4) is 5.75 Å². The molecule has 1 N–H and O–H groups in total. The van der Waals surface area contributed by atoms with Gasteiger partial charge in [-0.2, -0.15) is 0 Å². The molecule has 2 aromatic rings. The number of carbonyl (C=O) groups is 1. The molecule has 0 radical (unpaired) electrons. The van der Waals surface area contributed by atoms with Crippen LogP contribution in [0.15, 0.2) is 30.5 Å². The molecule has 1 aromatic carbocycles. The van der Waals surface area contributed by atoms with Crippen molar-refractivity contribution in [1.82, 2.24) is 9.97 Å². The van der Waals surface area contributed by atoms with E-state index in [0.29, 0.717) is 24.5 Å². The Labute approximate surface area is 115 Å². The van der Waals surface area contributed by atoms with Gasteiger partial charge in [0, 0.05) is 11.4 Å². The zero-order chi connectivity index (χ0) is 13.5. The Hall–Kier alpha value is -2.01. The maximum atomic E-state index is 10.1. The molecule has 6 heteroatoms. The third-order valence-electron chi connectivity index (χ3n) is 2.41. The van der Waals surface area contributed by atoms with Gasteiger partial charge in [-0.1, -0.05) is 11.6 Å². The lowest BCUT2D eigenvalue weighted by molar-refractivity contribution is -0.129. The number of hydrogen-bond donors (Lipinski definition) is 1. The second-order valence-corrected chi connectivity index (χ2v) is 4.25. The van der Waals surface area contributed by atoms with Crippen LogP contribution in [0.25, 0.3) is 0 Å². The minimum absolute atomic E-state index is 0.203. The molecule has 0 fully saturated rings. The van der Waals surface area contributed by atoms with E-state index in [-0.39, 0.29) is 6.61 Å². The van der Waals surface area contributed by atoms with Crippen LogP contribution in [0.5, 0.6) is 5.75 Å². The van der Waals surface area contributed by atoms with Gasteiger partial charge in [0.25, 0.3) is 6.47 Å². The number of rotatable bonds is 7. The average molecular weight is 281 g/mol. The second-order valence-electron chi connectivity index (χ2n) is 3.81. The maximum absolute atomic E-state index is 10.1. The van der Waals surface area contributed by atoms with Gasteiger partial charge in [-0.25, -0.2) is 4.98 Å². The summed E-state index contributed by atoms with van der Waals surface area (Å²) in [5.41, 5.74) is 0.758. The van der Waals surface area contributed by atoms with Crippen molar-refractivity contribution in [2.45, 2.75) is 13.0 Å². The van der Waals surface area contributed by atoms with Crippen LogP contribution in [-0.4, -0.2) is 23.0 Å². The number of H-pyrrole nitrogens is 1. The van der Waals surface area contributed by atoms with Crippen molar-refractivity contribution in [1.29, 1.82) is 0 Å². The molecule has 0 spiro atoms. The number of aromatic nitrogens is 2. The van der Waals surface area contributed by atoms with E-state index in [1.165, 1.54) is 0 Å². The number of ether oxygens (including phenoxy) is 2. The van der Waals surface area contributed by atoms with Gasteiger partial charge in [-0.3, -0.25) is 4.79 Å². The largest absolute Gasteiger partial charge is 0.493 e. The monoisotopic (exact) mass is 280 g/mol. The Morgan fingerprint density at radius 1 is 1.32 bits per heavy atom. The average Bonchev–Trinajstić information content (AvgIpc) is 2.87. The SMILES string of the molecule is O=COCc1cnc(CCOc2ccc(Cl)cc2)[nH]1. The number of aromatic amines is 1. The van der Waals surface area contributed by atoms with E-state index in [0.717, 1.165) is 17.3 Å². The number of halogens is 1. The molecule has 5 nitrogen and oxygen atoms in total. The molecule has 0 saturated carbocycles. The number of nitrogens with one attached hydrogen (secondary N) is 1. The van der Waals surface area contributed by atoms with Crippen LogP contribution in [0.2, 0.25) is 5.02 Å². The molecule has 0 aliphatic rings. The molecule has 2 rings (SSSR count). The highest BCUT2D eigenvalue weighted by Gasteiger charge is 2.01. The van der Waals surface area contributed by atoms with Crippen LogP contribution in [0.4, 0.5) is 0 Å². The molecule has 0 atom stereocenters. The van der Waals surface area contributed by atoms with Crippen LogP contribution in [0.1, 0.15) is 11.5 Å². The fourth-order valence-corrected chi connectivity index (χ4v) is 1.65. The van der Waals surface area contributed by atoms with E-state index in [1.54, 1.807) is 18.3 Å². The van der Waals surface area contributed by atoms with E-state index in [4.69, 9.17) is 16.3 Å². The van der Waals surface area contributed by atoms with Gasteiger partial charge in [-0.05, 0) is 24.3 Å². The molecule has 1 heterocycles. The molecule has 19 heavy (non-hydrogen) atoms. The van der Waals surface area contributed by atoms with Crippen LogP contribution >= 0.6 is 11.6 Å². The molecule has 0 amide bonds. The van der Waals surface area contributed by atoms with Crippen molar-refractivity contribution in [3.63, 3.8) is 0 Å². The highest BCUT2D eigenvalue weighted by Crippen LogP contribution is 2.15. The number of imidazole rings is 1. The number of benzene rings is 1. The molecule has 0 bridgehead atoms. The summed E-state index contributed by atoms with van der Waals surface area (Å²) in [5, 5.41) is 0.679. The Morgan fingerprint density at radius 2 is 2.11 bits per heavy atom. The molecule has 0 aliphatic carbocycles. The second kappa shape index (κ2) is 6.80. The van der Waals surface area contributed by atoms with Gasteiger partial charge >= 0.3 is 0 Å². The summed E-state index contributed by atoms with van der Waals surface area (Å²) in [6.07, 6.45) is 2.28. The summed E-state index contributed by atoms with van der Waals surface area (Å²) in [4.78, 5) is 17.3. The number of hydrogen-bond acceptors (Lipinski definition) is 4. The highest BCUT2D eigenvalue weighted by atomic mass is 35.5. The molecule has 0 unspecified atom stereocenters. The predicted molar refractivity (Wildman–Crippen MR) is 70.1 cm³/mol. The minimum atomic E-state index is 0.203. The van der Waals surface area contributed by atoms with Crippen LogP contribution in [0, 0.1) is 0 Å². The first-order chi connectivity index (χ1) is 9.28. The molecular weight excluding hydrogens is 268 g/mol. The van der Waals surface area contributed by atoms with Crippen LogP contribution < -0.4 is 4.74 Å². The van der Waals surface area contributed by atoms with Crippen LogP contribution in [0.3, 0.4) is 0 Å². The fraction of sp³-hybridized carbons (Fsp3) is 0.231. The zero-order valence-corrected chi connectivity index (χ0v) is 10.9. The molecular formula is C13H13ClN2O3. The lowest BCUT2D eigenvalue weighted by Gasteiger charge is -2.04. The van der Waals surface area contributed by atoms with Crippen molar-refractivity contribution in [2.75, 3.05) is 6.61 Å². The van der Waals surface area contributed by atoms with E-state index in [9.17, 15) is 4.79 Å². The van der Waals surface area contributed by atoms with Gasteiger partial charge < -0.3 is 14.5 Å². The van der Waals surface area contributed by atoms with Crippen molar-refractivity contribution in [3.05, 3.63) is 47.0 Å². The summed E-state index contributed by atoms with van der Waals surface area (Å²) >= 11 is 5.78. The van der Waals surface area contributed by atoms with Gasteiger partial charge in [-0.15, -0.1) is 0 Å². The summed E-state index contributed by atoms with van der Waals surface area (Å²) in [6, 6.07) is 7.18. The lowest BCUT2D eigenvalue weighted by Crippen LogP contribution is -2.02. The standard InChI is InChI=1S/C13H13ClN2O3/c14-10-1-3-12(4-2-10)19-6-5-13-15-7-11(16-13)8-18-9-17/h1-4,7,9H,5-6,8H2,(H,15,16). The van der Waals surface area contributed by atoms with Gasteiger partial charge in [0.05, 0.1) is 18.5 Å². The summed E-state index contributed by atoms with van der Waals surface area (Å²) in [6.45, 7) is 1.11. The topological polar surface area (TPSA) is 64.2 Å². The summed E-state index contributed by atoms with van der Waals surface area (Å²) in [7, 11) is 0. The Balaban J connectivity index is 1.77. The first-order valence-corrected chi connectivity index (χ1v) is 6.12. The number of nitrogens with zero attached hydrogens (tertiary/aromatic N) is 1. The molecule has 0 aliphatic heterocycles. The van der Waals surface area contributed by atoms with E-state index < -0.39 is 0 Å². The first kappa shape index (κ1) is 13.4. The van der Waals surface area contributed by atoms with E-state index in [1.807, 2.05) is 12.1 Å². The highest BCUT2D eigenvalue weighted by molar-refractivity contribution is 6.30. The van der Waals surface area contributed by atoms with E-state index in [2.05, 4.69) is 14.7 Å². The van der Waals surface area contributed by atoms with Crippen molar-refractivity contribution in [2.24, 2.45) is 0 Å². The third-order valence-corrected chi connectivity index (χ3v) is 2.66. The van der Waals surface area contributed by atoms with Gasteiger partial charge in [0.1, 0.15) is 18.2 Å². The zero-order valence-electron chi connectivity index (χ0n) is 10.1. The van der Waals surface area contributed by atoms with Crippen molar-refractivity contribution >= 4 is 18.1 Å². The quantitative estimate of drug-likeness (QED) is 0.791. The van der Waals surface area contributed by atoms with E-state index >= 15 is 0 Å². The van der Waals surface area contributed by atoms with Crippen LogP contribution in [-0.2, 0) is 22.6 Å². The molecule has 1 aromatic heterocycles. The Kier molecular flexibility index (Phi) is 4.80. The first-order valence-electron chi connectivity index (χ1n) is 5.74. The summed E-state index contributed by atoms with van der Waals surface area (Å²) < 4.78 is 10.2. The summed E-state index contributed by atoms with van der Waals surface area (Å²) in [5.74, 6) is 1.55. The maximum Gasteiger partial charge on any atom is 0.293 e. The lowest BCUT2D eigenvalue weighted by atomic mass is 10.3. The van der Waals surface area contributed by atoms with Crippen molar-refractivity contribution < 1.29 is 14.3 Å². The molecule has 0 saturated heterocycles. The smallest absolute Gasteiger partial charge is 0.293 e. The Morgan fingerprint density at radius 3 is 2.84 bits per heavy atom.